The summed E-state index contributed by atoms with van der Waals surface area (Å²) in [6, 6.07) is 3.48. The maximum atomic E-state index is 13.7. The number of halogens is 3. The summed E-state index contributed by atoms with van der Waals surface area (Å²) in [4.78, 5) is 6.71. The van der Waals surface area contributed by atoms with E-state index in [2.05, 4.69) is 15.2 Å². The minimum atomic E-state index is -0.440. The van der Waals surface area contributed by atoms with Crippen LogP contribution in [-0.4, -0.2) is 43.7 Å². The van der Waals surface area contributed by atoms with Gasteiger partial charge in [0.25, 0.3) is 0 Å². The Kier molecular flexibility index (Phi) is 6.79. The van der Waals surface area contributed by atoms with Crippen molar-refractivity contribution in [3.8, 4) is 0 Å². The first kappa shape index (κ1) is 19.4. The van der Waals surface area contributed by atoms with E-state index in [9.17, 15) is 8.78 Å². The van der Waals surface area contributed by atoms with Crippen LogP contribution in [0.3, 0.4) is 0 Å². The van der Waals surface area contributed by atoms with E-state index in [-0.39, 0.29) is 41.5 Å². The van der Waals surface area contributed by atoms with Crippen LogP contribution < -0.4 is 5.32 Å². The Morgan fingerprint density at radius 2 is 2.21 bits per heavy atom. The summed E-state index contributed by atoms with van der Waals surface area (Å²) in [6.07, 6.45) is 2.17. The molecule has 7 heteroatoms. The zero-order valence-corrected chi connectivity index (χ0v) is 16.2. The highest BCUT2D eigenvalue weighted by Crippen LogP contribution is 2.38. The van der Waals surface area contributed by atoms with E-state index in [0.717, 1.165) is 63.8 Å². The second kappa shape index (κ2) is 8.42. The summed E-state index contributed by atoms with van der Waals surface area (Å²) in [5, 5.41) is 3.25. The molecule has 2 saturated heterocycles. The van der Waals surface area contributed by atoms with Crippen molar-refractivity contribution in [3.05, 3.63) is 35.4 Å². The molecule has 1 spiro atoms. The predicted octanol–water partition coefficient (Wildman–Crippen LogP) is 3.16. The highest BCUT2D eigenvalue weighted by Gasteiger charge is 2.42. The number of ether oxygens (including phenoxy) is 1. The smallest absolute Gasteiger partial charge is 0.194 e. The van der Waals surface area contributed by atoms with Crippen LogP contribution in [0.4, 0.5) is 8.78 Å². The summed E-state index contributed by atoms with van der Waals surface area (Å²) < 4.78 is 32.6. The van der Waals surface area contributed by atoms with E-state index in [1.165, 1.54) is 6.07 Å². The number of hydrogen-bond donors (Lipinski definition) is 1. The second-order valence-electron chi connectivity index (χ2n) is 6.38. The maximum absolute atomic E-state index is 13.7. The quantitative estimate of drug-likeness (QED) is 0.436. The van der Waals surface area contributed by atoms with Gasteiger partial charge in [-0.2, -0.15) is 0 Å². The Bertz CT molecular complexity index is 591. The molecule has 3 rings (SSSR count). The fourth-order valence-corrected chi connectivity index (χ4v) is 3.34. The van der Waals surface area contributed by atoms with Gasteiger partial charge in [-0.05, 0) is 38.0 Å². The molecule has 1 atom stereocenters. The van der Waals surface area contributed by atoms with Gasteiger partial charge in [-0.1, -0.05) is 0 Å². The standard InChI is InChI=1S/C17H23F2N3O.HI/c1-2-20-16(21-10-13-9-14(18)3-4-15(13)19)22-7-5-17(11-22)6-8-23-12-17;/h3-4,9H,2,5-8,10-12H2,1H3,(H,20,21);1H. The van der Waals surface area contributed by atoms with Gasteiger partial charge >= 0.3 is 0 Å². The SMILES string of the molecule is CCNC(=NCc1cc(F)ccc1F)N1CCC2(CCOC2)C1.I. The molecule has 0 aromatic heterocycles. The van der Waals surface area contributed by atoms with Crippen molar-refractivity contribution in [1.82, 2.24) is 10.2 Å². The van der Waals surface area contributed by atoms with Crippen molar-refractivity contribution in [2.24, 2.45) is 10.4 Å². The summed E-state index contributed by atoms with van der Waals surface area (Å²) >= 11 is 0. The van der Waals surface area contributed by atoms with Gasteiger partial charge in [0.2, 0.25) is 0 Å². The Morgan fingerprint density at radius 3 is 2.92 bits per heavy atom. The van der Waals surface area contributed by atoms with Crippen molar-refractivity contribution < 1.29 is 13.5 Å². The first-order chi connectivity index (χ1) is 11.1. The molecule has 1 aromatic carbocycles. The van der Waals surface area contributed by atoms with Crippen LogP contribution in [0, 0.1) is 17.0 Å². The summed E-state index contributed by atoms with van der Waals surface area (Å²) in [7, 11) is 0. The van der Waals surface area contributed by atoms with Gasteiger partial charge in [0.05, 0.1) is 13.2 Å². The lowest BCUT2D eigenvalue weighted by molar-refractivity contribution is 0.156. The number of nitrogens with one attached hydrogen (secondary N) is 1. The summed E-state index contributed by atoms with van der Waals surface area (Å²) in [6.45, 7) is 6.34. The van der Waals surface area contributed by atoms with Crippen LogP contribution in [0.5, 0.6) is 0 Å². The minimum Gasteiger partial charge on any atom is -0.381 e. The highest BCUT2D eigenvalue weighted by atomic mass is 127. The average molecular weight is 451 g/mol. The van der Waals surface area contributed by atoms with Crippen LogP contribution in [-0.2, 0) is 11.3 Å². The Labute approximate surface area is 158 Å². The minimum absolute atomic E-state index is 0. The highest BCUT2D eigenvalue weighted by molar-refractivity contribution is 14.0. The third kappa shape index (κ3) is 4.36. The number of aliphatic imine (C=N–C) groups is 1. The van der Waals surface area contributed by atoms with Crippen molar-refractivity contribution in [2.75, 3.05) is 32.8 Å². The first-order valence-electron chi connectivity index (χ1n) is 8.17. The molecule has 2 heterocycles. The lowest BCUT2D eigenvalue weighted by Gasteiger charge is -2.25. The molecule has 2 aliphatic rings. The number of likely N-dealkylation sites (tertiary alicyclic amines) is 1. The van der Waals surface area contributed by atoms with Crippen LogP contribution in [0.15, 0.2) is 23.2 Å². The number of benzene rings is 1. The molecular formula is C17H24F2IN3O. The Hall–Kier alpha value is -0.960. The molecule has 0 aliphatic carbocycles. The topological polar surface area (TPSA) is 36.9 Å². The van der Waals surface area contributed by atoms with Crippen LogP contribution in [0.1, 0.15) is 25.3 Å². The van der Waals surface area contributed by atoms with E-state index >= 15 is 0 Å². The Balaban J connectivity index is 0.00000208. The zero-order chi connectivity index (χ0) is 16.3. The van der Waals surface area contributed by atoms with E-state index in [1.54, 1.807) is 0 Å². The van der Waals surface area contributed by atoms with E-state index in [4.69, 9.17) is 4.74 Å². The van der Waals surface area contributed by atoms with Crippen molar-refractivity contribution in [1.29, 1.82) is 0 Å². The molecule has 2 aliphatic heterocycles. The molecule has 4 nitrogen and oxygen atoms in total. The summed E-state index contributed by atoms with van der Waals surface area (Å²) in [5.74, 6) is -0.0992. The molecule has 0 bridgehead atoms. The Morgan fingerprint density at radius 1 is 1.38 bits per heavy atom. The molecule has 2 fully saturated rings. The van der Waals surface area contributed by atoms with Gasteiger partial charge < -0.3 is 15.0 Å². The van der Waals surface area contributed by atoms with Crippen LogP contribution in [0.25, 0.3) is 0 Å². The van der Waals surface area contributed by atoms with E-state index < -0.39 is 11.6 Å². The average Bonchev–Trinajstić information content (AvgIpc) is 3.17. The van der Waals surface area contributed by atoms with E-state index in [1.807, 2.05) is 6.92 Å². The zero-order valence-electron chi connectivity index (χ0n) is 13.9. The number of hydrogen-bond acceptors (Lipinski definition) is 2. The van der Waals surface area contributed by atoms with Crippen molar-refractivity contribution in [3.63, 3.8) is 0 Å². The number of guanidine groups is 1. The molecule has 134 valence electrons. The molecule has 1 N–H and O–H groups in total. The molecular weight excluding hydrogens is 427 g/mol. The maximum Gasteiger partial charge on any atom is 0.194 e. The molecule has 24 heavy (non-hydrogen) atoms. The van der Waals surface area contributed by atoms with E-state index in [0.29, 0.717) is 0 Å². The molecule has 0 amide bonds. The third-order valence-electron chi connectivity index (χ3n) is 4.66. The van der Waals surface area contributed by atoms with Gasteiger partial charge in [0.1, 0.15) is 11.6 Å². The third-order valence-corrected chi connectivity index (χ3v) is 4.66. The second-order valence-corrected chi connectivity index (χ2v) is 6.38. The van der Waals surface area contributed by atoms with Gasteiger partial charge in [0.15, 0.2) is 5.96 Å². The fraction of sp³-hybridized carbons (Fsp3) is 0.588. The number of nitrogens with zero attached hydrogens (tertiary/aromatic N) is 2. The molecule has 0 radical (unpaired) electrons. The number of rotatable bonds is 3. The van der Waals surface area contributed by atoms with Crippen molar-refractivity contribution in [2.45, 2.75) is 26.3 Å². The largest absolute Gasteiger partial charge is 0.381 e. The van der Waals surface area contributed by atoms with Crippen LogP contribution >= 0.6 is 24.0 Å². The lowest BCUT2D eigenvalue weighted by atomic mass is 9.87. The monoisotopic (exact) mass is 451 g/mol. The normalized spacial score (nSPS) is 23.6. The lowest BCUT2D eigenvalue weighted by Crippen LogP contribution is -2.41. The predicted molar refractivity (Wildman–Crippen MR) is 101 cm³/mol. The fourth-order valence-electron chi connectivity index (χ4n) is 3.34. The first-order valence-corrected chi connectivity index (χ1v) is 8.17. The summed E-state index contributed by atoms with van der Waals surface area (Å²) in [5.41, 5.74) is 0.513. The van der Waals surface area contributed by atoms with Gasteiger partial charge in [0, 0.05) is 37.2 Å². The van der Waals surface area contributed by atoms with Gasteiger partial charge in [-0.15, -0.1) is 24.0 Å². The molecule has 0 saturated carbocycles. The molecule has 1 unspecified atom stereocenters. The van der Waals surface area contributed by atoms with Crippen molar-refractivity contribution >= 4 is 29.9 Å². The van der Waals surface area contributed by atoms with Crippen LogP contribution in [0.2, 0.25) is 0 Å². The molecule has 1 aromatic rings. The van der Waals surface area contributed by atoms with Gasteiger partial charge in [-0.25, -0.2) is 13.8 Å². The van der Waals surface area contributed by atoms with Gasteiger partial charge in [-0.3, -0.25) is 0 Å².